The zero-order valence-electron chi connectivity index (χ0n) is 18.7. The van der Waals surface area contributed by atoms with Gasteiger partial charge in [0.1, 0.15) is 6.61 Å². The number of halogens is 2. The molecule has 3 N–H and O–H groups in total. The summed E-state index contributed by atoms with van der Waals surface area (Å²) < 4.78 is 5.48. The fourth-order valence-electron chi connectivity index (χ4n) is 4.04. The van der Waals surface area contributed by atoms with E-state index in [1.165, 1.54) is 12.1 Å². The summed E-state index contributed by atoms with van der Waals surface area (Å²) in [7, 11) is 0. The molecule has 9 heteroatoms. The molecule has 0 spiro atoms. The summed E-state index contributed by atoms with van der Waals surface area (Å²) in [5.74, 6) is -2.34. The zero-order chi connectivity index (χ0) is 25.1. The lowest BCUT2D eigenvalue weighted by atomic mass is 9.98. The van der Waals surface area contributed by atoms with E-state index < -0.39 is 23.9 Å². The number of fused-ring (bicyclic) bond motifs is 3. The first kappa shape index (κ1) is 24.6. The number of carboxylic acid groups (broad SMARTS) is 1. The second-order valence-electron chi connectivity index (χ2n) is 8.22. The minimum absolute atomic E-state index is 0.0000509. The van der Waals surface area contributed by atoms with E-state index in [4.69, 9.17) is 33.0 Å². The van der Waals surface area contributed by atoms with Gasteiger partial charge in [0.15, 0.2) is 0 Å². The van der Waals surface area contributed by atoms with Gasteiger partial charge in [0.25, 0.3) is 0 Å². The molecule has 0 heterocycles. The summed E-state index contributed by atoms with van der Waals surface area (Å²) >= 11 is 12.2. The molecule has 0 saturated heterocycles. The van der Waals surface area contributed by atoms with Crippen molar-refractivity contribution in [2.45, 2.75) is 12.8 Å². The lowest BCUT2D eigenvalue weighted by Crippen LogP contribution is -2.35. The van der Waals surface area contributed by atoms with Crippen LogP contribution in [0.5, 0.6) is 0 Å². The van der Waals surface area contributed by atoms with E-state index in [2.05, 4.69) is 22.8 Å². The summed E-state index contributed by atoms with van der Waals surface area (Å²) in [6.45, 7) is 1.80. The molecular weight excluding hydrogens is 491 g/mol. The van der Waals surface area contributed by atoms with Crippen LogP contribution in [0.3, 0.4) is 0 Å². The molecule has 0 aliphatic heterocycles. The molecular formula is C26H22Cl2N2O5. The third kappa shape index (κ3) is 5.26. The highest BCUT2D eigenvalue weighted by Crippen LogP contribution is 2.44. The van der Waals surface area contributed by atoms with Gasteiger partial charge in [-0.15, -0.1) is 0 Å². The van der Waals surface area contributed by atoms with Gasteiger partial charge in [-0.05, 0) is 34.4 Å². The van der Waals surface area contributed by atoms with Crippen LogP contribution in [0.25, 0.3) is 11.1 Å². The Kier molecular flexibility index (Phi) is 7.28. The molecule has 0 aromatic heterocycles. The lowest BCUT2D eigenvalue weighted by molar-refractivity contribution is -0.119. The maximum absolute atomic E-state index is 12.6. The second-order valence-corrected chi connectivity index (χ2v) is 9.03. The van der Waals surface area contributed by atoms with E-state index in [1.54, 1.807) is 6.92 Å². The smallest absolute Gasteiger partial charge is 0.407 e. The van der Waals surface area contributed by atoms with Gasteiger partial charge in [-0.25, -0.2) is 9.59 Å². The Labute approximate surface area is 212 Å². The molecule has 3 aromatic carbocycles. The van der Waals surface area contributed by atoms with Crippen molar-refractivity contribution in [3.05, 3.63) is 87.4 Å². The van der Waals surface area contributed by atoms with E-state index in [0.717, 1.165) is 22.3 Å². The van der Waals surface area contributed by atoms with Crippen LogP contribution < -0.4 is 10.6 Å². The fraction of sp³-hybridized carbons (Fsp3) is 0.192. The van der Waals surface area contributed by atoms with Crippen LogP contribution in [0.4, 0.5) is 10.5 Å². The predicted octanol–water partition coefficient (Wildman–Crippen LogP) is 5.80. The highest BCUT2D eigenvalue weighted by Gasteiger charge is 2.29. The van der Waals surface area contributed by atoms with Crippen molar-refractivity contribution < 1.29 is 24.2 Å². The SMILES string of the molecule is CC(CNC(=O)OCC1c2ccccc2-c2ccccc21)C(=O)Nc1c(Cl)cc(C(=O)O)cc1Cl. The first-order valence-corrected chi connectivity index (χ1v) is 11.6. The number of aromatic carboxylic acids is 1. The number of carbonyl (C=O) groups excluding carboxylic acids is 2. The van der Waals surface area contributed by atoms with Crippen LogP contribution >= 0.6 is 23.2 Å². The number of carbonyl (C=O) groups is 3. The number of ether oxygens (including phenoxy) is 1. The van der Waals surface area contributed by atoms with Crippen molar-refractivity contribution in [1.29, 1.82) is 0 Å². The van der Waals surface area contributed by atoms with Gasteiger partial charge in [-0.2, -0.15) is 0 Å². The van der Waals surface area contributed by atoms with Crippen molar-refractivity contribution in [1.82, 2.24) is 5.32 Å². The Bertz CT molecular complexity index is 1240. The van der Waals surface area contributed by atoms with Crippen LogP contribution in [-0.4, -0.2) is 36.2 Å². The maximum atomic E-state index is 12.6. The van der Waals surface area contributed by atoms with Crippen LogP contribution in [0.2, 0.25) is 10.0 Å². The molecule has 180 valence electrons. The highest BCUT2D eigenvalue weighted by molar-refractivity contribution is 6.40. The number of anilines is 1. The minimum Gasteiger partial charge on any atom is -0.478 e. The average Bonchev–Trinajstić information content (AvgIpc) is 3.16. The Morgan fingerprint density at radius 2 is 1.51 bits per heavy atom. The van der Waals surface area contributed by atoms with Gasteiger partial charge in [0.2, 0.25) is 5.91 Å². The number of hydrogen-bond donors (Lipinski definition) is 3. The average molecular weight is 513 g/mol. The van der Waals surface area contributed by atoms with Gasteiger partial charge in [-0.3, -0.25) is 4.79 Å². The van der Waals surface area contributed by atoms with Crippen LogP contribution in [0, 0.1) is 5.92 Å². The molecule has 1 unspecified atom stereocenters. The summed E-state index contributed by atoms with van der Waals surface area (Å²) in [6.07, 6.45) is -0.631. The lowest BCUT2D eigenvalue weighted by Gasteiger charge is -2.17. The zero-order valence-corrected chi connectivity index (χ0v) is 20.2. The Morgan fingerprint density at radius 3 is 2.06 bits per heavy atom. The minimum atomic E-state index is -1.19. The van der Waals surface area contributed by atoms with Crippen LogP contribution in [-0.2, 0) is 9.53 Å². The van der Waals surface area contributed by atoms with E-state index in [-0.39, 0.29) is 40.4 Å². The quantitative estimate of drug-likeness (QED) is 0.370. The fourth-order valence-corrected chi connectivity index (χ4v) is 4.62. The van der Waals surface area contributed by atoms with Crippen molar-refractivity contribution in [2.24, 2.45) is 5.92 Å². The summed E-state index contributed by atoms with van der Waals surface area (Å²) in [4.78, 5) is 36.0. The molecule has 0 bridgehead atoms. The Balaban J connectivity index is 1.32. The molecule has 3 aromatic rings. The van der Waals surface area contributed by atoms with E-state index in [9.17, 15) is 14.4 Å². The number of hydrogen-bond acceptors (Lipinski definition) is 4. The second kappa shape index (κ2) is 10.4. The largest absolute Gasteiger partial charge is 0.478 e. The van der Waals surface area contributed by atoms with Gasteiger partial charge >= 0.3 is 12.1 Å². The van der Waals surface area contributed by atoms with Gasteiger partial charge in [-0.1, -0.05) is 78.7 Å². The van der Waals surface area contributed by atoms with E-state index in [1.807, 2.05) is 36.4 Å². The standard InChI is InChI=1S/C26H22Cl2N2O5/c1-14(24(31)30-23-21(27)10-15(25(32)33)11-22(23)28)12-29-26(34)35-13-20-18-8-4-2-6-16(18)17-7-3-5-9-19(17)20/h2-11,14,20H,12-13H2,1H3,(H,29,34)(H,30,31)(H,32,33). The molecule has 1 atom stereocenters. The van der Waals surface area contributed by atoms with E-state index in [0.29, 0.717) is 0 Å². The Hall–Kier alpha value is -3.55. The molecule has 0 fully saturated rings. The van der Waals surface area contributed by atoms with Crippen LogP contribution in [0.1, 0.15) is 34.3 Å². The number of nitrogens with one attached hydrogen (secondary N) is 2. The molecule has 35 heavy (non-hydrogen) atoms. The van der Waals surface area contributed by atoms with E-state index >= 15 is 0 Å². The van der Waals surface area contributed by atoms with Gasteiger partial charge in [0.05, 0.1) is 27.2 Å². The van der Waals surface area contributed by atoms with Crippen molar-refractivity contribution >= 4 is 46.9 Å². The molecule has 7 nitrogen and oxygen atoms in total. The topological polar surface area (TPSA) is 105 Å². The summed E-state index contributed by atoms with van der Waals surface area (Å²) in [6, 6.07) is 18.5. The summed E-state index contributed by atoms with van der Waals surface area (Å²) in [5, 5.41) is 14.3. The van der Waals surface area contributed by atoms with Crippen molar-refractivity contribution in [3.8, 4) is 11.1 Å². The first-order chi connectivity index (χ1) is 16.8. The van der Waals surface area contributed by atoms with Gasteiger partial charge < -0.3 is 20.5 Å². The Morgan fingerprint density at radius 1 is 0.971 bits per heavy atom. The molecule has 0 saturated carbocycles. The molecule has 0 radical (unpaired) electrons. The number of carboxylic acids is 1. The van der Waals surface area contributed by atoms with Crippen molar-refractivity contribution in [2.75, 3.05) is 18.5 Å². The van der Waals surface area contributed by atoms with Gasteiger partial charge in [0, 0.05) is 12.5 Å². The third-order valence-corrected chi connectivity index (χ3v) is 6.48. The number of alkyl carbamates (subject to hydrolysis) is 1. The number of rotatable bonds is 7. The maximum Gasteiger partial charge on any atom is 0.407 e. The predicted molar refractivity (Wildman–Crippen MR) is 134 cm³/mol. The molecule has 2 amide bonds. The monoisotopic (exact) mass is 512 g/mol. The van der Waals surface area contributed by atoms with Crippen molar-refractivity contribution in [3.63, 3.8) is 0 Å². The molecule has 1 aliphatic carbocycles. The first-order valence-electron chi connectivity index (χ1n) is 10.9. The normalized spacial score (nSPS) is 12.9. The third-order valence-electron chi connectivity index (χ3n) is 5.88. The molecule has 4 rings (SSSR count). The number of amides is 2. The number of benzene rings is 3. The molecule has 1 aliphatic rings. The summed E-state index contributed by atoms with van der Waals surface area (Å²) in [5.41, 5.74) is 4.50. The highest BCUT2D eigenvalue weighted by atomic mass is 35.5. The van der Waals surface area contributed by atoms with Crippen LogP contribution in [0.15, 0.2) is 60.7 Å².